The summed E-state index contributed by atoms with van der Waals surface area (Å²) >= 11 is 0. The van der Waals surface area contributed by atoms with E-state index in [1.54, 1.807) is 12.3 Å². The first-order valence-electron chi connectivity index (χ1n) is 8.34. The average Bonchev–Trinajstić information content (AvgIpc) is 2.64. The second-order valence-electron chi connectivity index (χ2n) is 5.73. The molecule has 3 rings (SSSR count). The molecule has 0 saturated carbocycles. The molecular formula is C20H20N4O. The van der Waals surface area contributed by atoms with Crippen molar-refractivity contribution in [2.45, 2.75) is 20.8 Å². The number of nitriles is 1. The van der Waals surface area contributed by atoms with E-state index in [0.717, 1.165) is 35.7 Å². The second-order valence-corrected chi connectivity index (χ2v) is 5.73. The summed E-state index contributed by atoms with van der Waals surface area (Å²) in [5.74, 6) is 1.28. The third kappa shape index (κ3) is 3.24. The van der Waals surface area contributed by atoms with Crippen LogP contribution in [0.15, 0.2) is 48.6 Å². The van der Waals surface area contributed by atoms with Crippen LogP contribution in [0.5, 0.6) is 5.75 Å². The summed E-state index contributed by atoms with van der Waals surface area (Å²) in [5.41, 5.74) is 4.17. The van der Waals surface area contributed by atoms with Crippen LogP contribution in [-0.2, 0) is 0 Å². The molecule has 1 aromatic carbocycles. The molecule has 25 heavy (non-hydrogen) atoms. The quantitative estimate of drug-likeness (QED) is 0.790. The highest BCUT2D eigenvalue weighted by Gasteiger charge is 2.20. The van der Waals surface area contributed by atoms with Crippen LogP contribution < -0.4 is 9.64 Å². The summed E-state index contributed by atoms with van der Waals surface area (Å²) in [6.07, 6.45) is 4.94. The van der Waals surface area contributed by atoms with Gasteiger partial charge in [-0.1, -0.05) is 0 Å². The molecule has 5 heteroatoms. The zero-order valence-electron chi connectivity index (χ0n) is 14.7. The van der Waals surface area contributed by atoms with E-state index in [4.69, 9.17) is 4.74 Å². The lowest BCUT2D eigenvalue weighted by Gasteiger charge is -2.25. The van der Waals surface area contributed by atoms with Crippen molar-refractivity contribution < 1.29 is 4.74 Å². The molecule has 126 valence electrons. The van der Waals surface area contributed by atoms with Gasteiger partial charge in [-0.15, -0.1) is 0 Å². The number of ether oxygens (including phenoxy) is 1. The molecule has 0 spiro atoms. The van der Waals surface area contributed by atoms with E-state index in [1.165, 1.54) is 6.33 Å². The Hall–Kier alpha value is -3.13. The van der Waals surface area contributed by atoms with Crippen molar-refractivity contribution in [3.63, 3.8) is 0 Å². The fourth-order valence-corrected chi connectivity index (χ4v) is 2.93. The van der Waals surface area contributed by atoms with Crippen molar-refractivity contribution in [1.29, 1.82) is 5.26 Å². The van der Waals surface area contributed by atoms with Gasteiger partial charge in [-0.3, -0.25) is 0 Å². The maximum Gasteiger partial charge on any atom is 0.147 e. The van der Waals surface area contributed by atoms with Gasteiger partial charge in [0.05, 0.1) is 5.69 Å². The molecule has 0 aliphatic carbocycles. The van der Waals surface area contributed by atoms with E-state index >= 15 is 0 Å². The number of anilines is 1. The summed E-state index contributed by atoms with van der Waals surface area (Å²) in [5, 5.41) is 9.60. The minimum atomic E-state index is 0.403. The van der Waals surface area contributed by atoms with Crippen LogP contribution in [-0.4, -0.2) is 23.1 Å². The van der Waals surface area contributed by atoms with E-state index in [9.17, 15) is 5.26 Å². The molecule has 0 unspecified atom stereocenters. The number of aromatic nitrogens is 2. The molecule has 1 aliphatic rings. The van der Waals surface area contributed by atoms with Crippen molar-refractivity contribution in [3.05, 3.63) is 59.9 Å². The van der Waals surface area contributed by atoms with Gasteiger partial charge in [0.1, 0.15) is 29.5 Å². The Kier molecular flexibility index (Phi) is 4.80. The number of fused-ring (bicyclic) bond motifs is 1. The summed E-state index contributed by atoms with van der Waals surface area (Å²) in [7, 11) is 0. The van der Waals surface area contributed by atoms with Crippen LogP contribution in [0.3, 0.4) is 0 Å². The van der Waals surface area contributed by atoms with E-state index in [2.05, 4.69) is 46.9 Å². The topological polar surface area (TPSA) is 62.0 Å². The maximum atomic E-state index is 9.60. The highest BCUT2D eigenvalue weighted by Crippen LogP contribution is 2.37. The van der Waals surface area contributed by atoms with Gasteiger partial charge in [-0.2, -0.15) is 5.26 Å². The largest absolute Gasteiger partial charge is 0.455 e. The van der Waals surface area contributed by atoms with Crippen LogP contribution in [0.1, 0.15) is 32.0 Å². The molecule has 0 fully saturated rings. The van der Waals surface area contributed by atoms with E-state index in [0.29, 0.717) is 17.0 Å². The normalized spacial score (nSPS) is 14.7. The third-order valence-electron chi connectivity index (χ3n) is 4.28. The smallest absolute Gasteiger partial charge is 0.147 e. The number of nitrogens with zero attached hydrogens (tertiary/aromatic N) is 4. The molecule has 1 aromatic heterocycles. The SMILES string of the molecule is CCN(CC)c1ccc2c(c1)O/C(=C(/C#N)c1ccncn1)C=C2C. The zero-order valence-corrected chi connectivity index (χ0v) is 14.7. The molecule has 5 nitrogen and oxygen atoms in total. The summed E-state index contributed by atoms with van der Waals surface area (Å²) in [6, 6.07) is 10.1. The fraction of sp³-hybridized carbons (Fsp3) is 0.250. The minimum Gasteiger partial charge on any atom is -0.455 e. The lowest BCUT2D eigenvalue weighted by molar-refractivity contribution is 0.441. The van der Waals surface area contributed by atoms with Gasteiger partial charge in [0.15, 0.2) is 0 Å². The van der Waals surface area contributed by atoms with Gasteiger partial charge < -0.3 is 9.64 Å². The first-order chi connectivity index (χ1) is 12.2. The van der Waals surface area contributed by atoms with E-state index < -0.39 is 0 Å². The van der Waals surface area contributed by atoms with Crippen molar-refractivity contribution >= 4 is 16.8 Å². The van der Waals surface area contributed by atoms with Crippen LogP contribution in [0.4, 0.5) is 5.69 Å². The number of benzene rings is 1. The van der Waals surface area contributed by atoms with Gasteiger partial charge >= 0.3 is 0 Å². The van der Waals surface area contributed by atoms with Crippen LogP contribution in [0, 0.1) is 11.3 Å². The summed E-state index contributed by atoms with van der Waals surface area (Å²) in [4.78, 5) is 10.3. The number of hydrogen-bond acceptors (Lipinski definition) is 5. The Morgan fingerprint density at radius 1 is 1.24 bits per heavy atom. The molecular weight excluding hydrogens is 312 g/mol. The minimum absolute atomic E-state index is 0.403. The molecule has 0 bridgehead atoms. The van der Waals surface area contributed by atoms with Crippen LogP contribution in [0.25, 0.3) is 11.1 Å². The number of rotatable bonds is 4. The molecule has 0 radical (unpaired) electrons. The van der Waals surface area contributed by atoms with Gasteiger partial charge in [0.25, 0.3) is 0 Å². The monoisotopic (exact) mass is 332 g/mol. The fourth-order valence-electron chi connectivity index (χ4n) is 2.93. The highest BCUT2D eigenvalue weighted by atomic mass is 16.5. The number of allylic oxidation sites excluding steroid dienone is 3. The van der Waals surface area contributed by atoms with E-state index in [1.807, 2.05) is 19.1 Å². The molecule has 2 aromatic rings. The van der Waals surface area contributed by atoms with Crippen molar-refractivity contribution in [2.24, 2.45) is 0 Å². The van der Waals surface area contributed by atoms with Gasteiger partial charge in [-0.25, -0.2) is 9.97 Å². The molecule has 0 atom stereocenters. The standard InChI is InChI=1S/C20H20N4O/c1-4-24(5-2)15-6-7-16-14(3)10-19(25-20(16)11-15)17(12-21)18-8-9-22-13-23-18/h6-11,13H,4-5H2,1-3H3/b19-17-. The molecule has 0 N–H and O–H groups in total. The van der Waals surface area contributed by atoms with Gasteiger partial charge in [0, 0.05) is 36.6 Å². The van der Waals surface area contributed by atoms with Crippen molar-refractivity contribution in [2.75, 3.05) is 18.0 Å². The van der Waals surface area contributed by atoms with Crippen LogP contribution >= 0.6 is 0 Å². The predicted octanol–water partition coefficient (Wildman–Crippen LogP) is 4.05. The highest BCUT2D eigenvalue weighted by molar-refractivity contribution is 5.84. The molecule has 0 amide bonds. The second kappa shape index (κ2) is 7.18. The first-order valence-corrected chi connectivity index (χ1v) is 8.34. The van der Waals surface area contributed by atoms with Gasteiger partial charge in [-0.05, 0) is 50.6 Å². The molecule has 2 heterocycles. The molecule has 0 saturated heterocycles. The Bertz CT molecular complexity index is 874. The zero-order chi connectivity index (χ0) is 17.8. The maximum absolute atomic E-state index is 9.60. The first kappa shape index (κ1) is 16.7. The average molecular weight is 332 g/mol. The van der Waals surface area contributed by atoms with Crippen LogP contribution in [0.2, 0.25) is 0 Å². The lowest BCUT2D eigenvalue weighted by atomic mass is 10.0. The van der Waals surface area contributed by atoms with Crippen molar-refractivity contribution in [3.8, 4) is 11.8 Å². The Morgan fingerprint density at radius 3 is 2.68 bits per heavy atom. The lowest BCUT2D eigenvalue weighted by Crippen LogP contribution is -2.22. The Morgan fingerprint density at radius 2 is 2.04 bits per heavy atom. The summed E-state index contributed by atoms with van der Waals surface area (Å²) < 4.78 is 6.08. The van der Waals surface area contributed by atoms with E-state index in [-0.39, 0.29) is 0 Å². The Labute approximate surface area is 147 Å². The number of hydrogen-bond donors (Lipinski definition) is 0. The predicted molar refractivity (Wildman–Crippen MR) is 98.8 cm³/mol. The summed E-state index contributed by atoms with van der Waals surface area (Å²) in [6.45, 7) is 8.13. The third-order valence-corrected chi connectivity index (χ3v) is 4.28. The Balaban J connectivity index is 2.07. The van der Waals surface area contributed by atoms with Crippen molar-refractivity contribution in [1.82, 2.24) is 9.97 Å². The van der Waals surface area contributed by atoms with Gasteiger partial charge in [0.2, 0.25) is 0 Å². The molecule has 1 aliphatic heterocycles.